The van der Waals surface area contributed by atoms with Crippen molar-refractivity contribution in [3.8, 4) is 0 Å². The molecule has 0 atom stereocenters. The summed E-state index contributed by atoms with van der Waals surface area (Å²) < 4.78 is 53.8. The molecule has 2 rings (SSSR count). The quantitative estimate of drug-likeness (QED) is 0.435. The van der Waals surface area contributed by atoms with Crippen LogP contribution in [0.5, 0.6) is 0 Å². The third kappa shape index (κ3) is 3.44. The Morgan fingerprint density at radius 1 is 1.08 bits per heavy atom. The molecule has 0 fully saturated rings. The number of methoxy groups -OCH3 is 2. The maximum absolute atomic E-state index is 15.0. The molecule has 0 heterocycles. The molecule has 1 aliphatic rings. The number of hydrogen-bond acceptors (Lipinski definition) is 7. The van der Waals surface area contributed by atoms with E-state index >= 15 is 4.39 Å². The van der Waals surface area contributed by atoms with Gasteiger partial charge in [0.25, 0.3) is 0 Å². The maximum Gasteiger partial charge on any atom is 0.338 e. The Kier molecular flexibility index (Phi) is 5.70. The summed E-state index contributed by atoms with van der Waals surface area (Å²) in [5.74, 6) is -4.25. The smallest absolute Gasteiger partial charge is 0.338 e. The van der Waals surface area contributed by atoms with Gasteiger partial charge in [-0.05, 0) is 31.9 Å². The lowest BCUT2D eigenvalue weighted by Crippen LogP contribution is -2.44. The zero-order chi connectivity index (χ0) is 19.5. The summed E-state index contributed by atoms with van der Waals surface area (Å²) in [6.45, 7) is 1.78. The standard InChI is InChI=1S/C17H19FO7S/c1-11-6-8-12(9-7-11)26(21,22)25-13-5-4-10-17(14(13)18,15(19)23-2)16(20)24-3/h6-9H,4-5,10H2,1-3H3. The summed E-state index contributed by atoms with van der Waals surface area (Å²) in [6.07, 6.45) is -0.168. The predicted octanol–water partition coefficient (Wildman–Crippen LogP) is 2.40. The highest BCUT2D eigenvalue weighted by Gasteiger charge is 2.56. The first-order valence-electron chi connectivity index (χ1n) is 7.76. The molecular formula is C17H19FO7S. The van der Waals surface area contributed by atoms with E-state index in [9.17, 15) is 18.0 Å². The minimum atomic E-state index is -4.33. The van der Waals surface area contributed by atoms with Crippen molar-refractivity contribution >= 4 is 22.1 Å². The van der Waals surface area contributed by atoms with E-state index in [-0.39, 0.29) is 24.2 Å². The van der Waals surface area contributed by atoms with Gasteiger partial charge in [-0.3, -0.25) is 9.59 Å². The molecule has 142 valence electrons. The molecule has 0 bridgehead atoms. The van der Waals surface area contributed by atoms with Gasteiger partial charge in [-0.2, -0.15) is 8.42 Å². The van der Waals surface area contributed by atoms with Crippen molar-refractivity contribution in [2.45, 2.75) is 31.1 Å². The van der Waals surface area contributed by atoms with E-state index in [4.69, 9.17) is 4.18 Å². The number of carbonyl (C=O) groups excluding carboxylic acids is 2. The minimum absolute atomic E-state index is 0.0906. The molecule has 7 nitrogen and oxygen atoms in total. The van der Waals surface area contributed by atoms with Crippen molar-refractivity contribution in [3.05, 3.63) is 41.4 Å². The number of benzene rings is 1. The fraction of sp³-hybridized carbons (Fsp3) is 0.412. The van der Waals surface area contributed by atoms with Crippen LogP contribution in [0, 0.1) is 12.3 Å². The van der Waals surface area contributed by atoms with Crippen LogP contribution in [0.1, 0.15) is 24.8 Å². The van der Waals surface area contributed by atoms with Crippen molar-refractivity contribution in [1.29, 1.82) is 0 Å². The van der Waals surface area contributed by atoms with Crippen molar-refractivity contribution in [3.63, 3.8) is 0 Å². The van der Waals surface area contributed by atoms with Gasteiger partial charge in [0.15, 0.2) is 11.6 Å². The highest BCUT2D eigenvalue weighted by molar-refractivity contribution is 7.86. The molecule has 1 aliphatic carbocycles. The Morgan fingerprint density at radius 2 is 1.62 bits per heavy atom. The SMILES string of the molecule is COC(=O)C1(C(=O)OC)CCCC(OS(=O)(=O)c2ccc(C)cc2)=C1F. The van der Waals surface area contributed by atoms with E-state index in [1.54, 1.807) is 19.1 Å². The fourth-order valence-corrected chi connectivity index (χ4v) is 3.74. The second-order valence-electron chi connectivity index (χ2n) is 5.83. The van der Waals surface area contributed by atoms with Gasteiger partial charge in [-0.25, -0.2) is 4.39 Å². The first-order valence-corrected chi connectivity index (χ1v) is 9.17. The van der Waals surface area contributed by atoms with Gasteiger partial charge < -0.3 is 13.7 Å². The van der Waals surface area contributed by atoms with Crippen molar-refractivity contribution in [2.24, 2.45) is 5.41 Å². The van der Waals surface area contributed by atoms with Crippen LogP contribution in [0.4, 0.5) is 4.39 Å². The van der Waals surface area contributed by atoms with E-state index in [2.05, 4.69) is 9.47 Å². The van der Waals surface area contributed by atoms with Crippen LogP contribution in [-0.4, -0.2) is 34.6 Å². The largest absolute Gasteiger partial charge is 0.468 e. The van der Waals surface area contributed by atoms with Crippen LogP contribution < -0.4 is 0 Å². The zero-order valence-electron chi connectivity index (χ0n) is 14.6. The van der Waals surface area contributed by atoms with E-state index in [1.165, 1.54) is 12.1 Å². The van der Waals surface area contributed by atoms with Gasteiger partial charge >= 0.3 is 22.1 Å². The third-order valence-corrected chi connectivity index (χ3v) is 5.43. The number of hydrogen-bond donors (Lipinski definition) is 0. The van der Waals surface area contributed by atoms with Crippen LogP contribution >= 0.6 is 0 Å². The molecule has 0 saturated heterocycles. The van der Waals surface area contributed by atoms with Gasteiger partial charge in [0.1, 0.15) is 4.90 Å². The Hall–Kier alpha value is -2.42. The Labute approximate surface area is 150 Å². The summed E-state index contributed by atoms with van der Waals surface area (Å²) in [6, 6.07) is 5.77. The maximum atomic E-state index is 15.0. The molecule has 0 spiro atoms. The van der Waals surface area contributed by atoms with Gasteiger partial charge in [0, 0.05) is 6.42 Å². The van der Waals surface area contributed by atoms with E-state index in [1.807, 2.05) is 0 Å². The number of esters is 2. The molecule has 9 heteroatoms. The number of carbonyl (C=O) groups is 2. The fourth-order valence-electron chi connectivity index (χ4n) is 2.75. The monoisotopic (exact) mass is 386 g/mol. The summed E-state index contributed by atoms with van der Waals surface area (Å²) in [5, 5.41) is 0. The topological polar surface area (TPSA) is 96.0 Å². The van der Waals surface area contributed by atoms with Gasteiger partial charge in [0.2, 0.25) is 5.41 Å². The summed E-state index contributed by atoms with van der Waals surface area (Å²) in [7, 11) is -2.33. The third-order valence-electron chi connectivity index (χ3n) is 4.16. The number of rotatable bonds is 5. The number of halogens is 1. The van der Waals surface area contributed by atoms with E-state index in [0.717, 1.165) is 19.8 Å². The molecule has 1 aromatic carbocycles. The zero-order valence-corrected chi connectivity index (χ0v) is 15.4. The van der Waals surface area contributed by atoms with Crippen LogP contribution in [0.15, 0.2) is 40.7 Å². The van der Waals surface area contributed by atoms with Crippen molar-refractivity contribution in [1.82, 2.24) is 0 Å². The molecule has 0 amide bonds. The second kappa shape index (κ2) is 7.45. The average molecular weight is 386 g/mol. The highest BCUT2D eigenvalue weighted by atomic mass is 32.2. The Bertz CT molecular complexity index is 824. The molecule has 0 saturated carbocycles. The van der Waals surface area contributed by atoms with E-state index in [0.29, 0.717) is 0 Å². The Morgan fingerprint density at radius 3 is 2.12 bits per heavy atom. The predicted molar refractivity (Wildman–Crippen MR) is 87.9 cm³/mol. The molecule has 0 aromatic heterocycles. The first-order chi connectivity index (χ1) is 12.2. The van der Waals surface area contributed by atoms with Crippen LogP contribution in [0.3, 0.4) is 0 Å². The van der Waals surface area contributed by atoms with Crippen LogP contribution in [0.25, 0.3) is 0 Å². The summed E-state index contributed by atoms with van der Waals surface area (Å²) >= 11 is 0. The highest BCUT2D eigenvalue weighted by Crippen LogP contribution is 2.44. The lowest BCUT2D eigenvalue weighted by atomic mass is 9.77. The second-order valence-corrected chi connectivity index (χ2v) is 7.38. The molecular weight excluding hydrogens is 367 g/mol. The van der Waals surface area contributed by atoms with Gasteiger partial charge in [-0.1, -0.05) is 17.7 Å². The lowest BCUT2D eigenvalue weighted by Gasteiger charge is -2.31. The molecule has 1 aromatic rings. The van der Waals surface area contributed by atoms with Gasteiger partial charge in [-0.15, -0.1) is 0 Å². The first kappa shape index (κ1) is 19.9. The van der Waals surface area contributed by atoms with Crippen molar-refractivity contribution in [2.75, 3.05) is 14.2 Å². The molecule has 0 aliphatic heterocycles. The van der Waals surface area contributed by atoms with Crippen LogP contribution in [-0.2, 0) is 33.4 Å². The lowest BCUT2D eigenvalue weighted by molar-refractivity contribution is -0.168. The summed E-state index contributed by atoms with van der Waals surface area (Å²) in [4.78, 5) is 24.1. The van der Waals surface area contributed by atoms with Crippen molar-refractivity contribution < 1.29 is 36.1 Å². The molecule has 26 heavy (non-hydrogen) atoms. The van der Waals surface area contributed by atoms with E-state index < -0.39 is 39.1 Å². The minimum Gasteiger partial charge on any atom is -0.468 e. The molecule has 0 unspecified atom stereocenters. The number of allylic oxidation sites excluding steroid dienone is 1. The summed E-state index contributed by atoms with van der Waals surface area (Å²) in [5.41, 5.74) is -1.53. The number of ether oxygens (including phenoxy) is 2. The molecule has 0 N–H and O–H groups in total. The molecule has 0 radical (unpaired) electrons. The van der Waals surface area contributed by atoms with Gasteiger partial charge in [0.05, 0.1) is 14.2 Å². The average Bonchev–Trinajstić information content (AvgIpc) is 2.62. The van der Waals surface area contributed by atoms with Crippen LogP contribution in [0.2, 0.25) is 0 Å². The Balaban J connectivity index is 2.48. The number of aryl methyl sites for hydroxylation is 1. The normalized spacial score (nSPS) is 16.8.